The summed E-state index contributed by atoms with van der Waals surface area (Å²) in [5, 5.41) is 0. The van der Waals surface area contributed by atoms with Crippen LogP contribution in [0.5, 0.6) is 0 Å². The number of hydrogen-bond donors (Lipinski definition) is 1. The maximum Gasteiger partial charge on any atom is 0.0980 e. The van der Waals surface area contributed by atoms with Crippen molar-refractivity contribution in [2.45, 2.75) is 38.0 Å². The van der Waals surface area contributed by atoms with Crippen LogP contribution >= 0.6 is 15.9 Å². The Bertz CT molecular complexity index is 363. The minimum atomic E-state index is -0.0465. The molecule has 1 aliphatic rings. The molecule has 0 aromatic heterocycles. The summed E-state index contributed by atoms with van der Waals surface area (Å²) >= 11 is 3.44. The maximum atomic E-state index is 6.19. The number of hydrogen-bond acceptors (Lipinski definition) is 3. The lowest BCUT2D eigenvalue weighted by Crippen LogP contribution is -2.32. The van der Waals surface area contributed by atoms with E-state index in [1.165, 1.54) is 0 Å². The van der Waals surface area contributed by atoms with Gasteiger partial charge < -0.3 is 15.2 Å². The molecular weight excluding hydrogens is 294 g/mol. The third-order valence-corrected chi connectivity index (χ3v) is 3.81. The molecule has 0 spiro atoms. The zero-order valence-corrected chi connectivity index (χ0v) is 12.2. The Hall–Kier alpha value is -0.420. The van der Waals surface area contributed by atoms with E-state index in [9.17, 15) is 0 Å². The van der Waals surface area contributed by atoms with Crippen LogP contribution in [0.25, 0.3) is 0 Å². The van der Waals surface area contributed by atoms with Crippen molar-refractivity contribution in [3.8, 4) is 0 Å². The Morgan fingerprint density at radius 3 is 2.72 bits per heavy atom. The van der Waals surface area contributed by atoms with Crippen molar-refractivity contribution in [1.82, 2.24) is 0 Å². The second-order valence-electron chi connectivity index (χ2n) is 4.67. The molecule has 0 aliphatic carbocycles. The van der Waals surface area contributed by atoms with Gasteiger partial charge in [0, 0.05) is 17.1 Å². The van der Waals surface area contributed by atoms with Gasteiger partial charge in [0.1, 0.15) is 0 Å². The summed E-state index contributed by atoms with van der Waals surface area (Å²) in [6.07, 6.45) is 1.99. The number of benzene rings is 1. The van der Waals surface area contributed by atoms with E-state index < -0.39 is 0 Å². The highest BCUT2D eigenvalue weighted by atomic mass is 79.9. The Morgan fingerprint density at radius 1 is 1.44 bits per heavy atom. The molecule has 1 aromatic carbocycles. The first kappa shape index (κ1) is 14.0. The van der Waals surface area contributed by atoms with Gasteiger partial charge >= 0.3 is 0 Å². The van der Waals surface area contributed by atoms with Crippen LogP contribution in [0, 0.1) is 0 Å². The fourth-order valence-electron chi connectivity index (χ4n) is 2.12. The maximum absolute atomic E-state index is 6.19. The van der Waals surface area contributed by atoms with Gasteiger partial charge in [-0.1, -0.05) is 35.0 Å². The van der Waals surface area contributed by atoms with Crippen LogP contribution in [0.3, 0.4) is 0 Å². The molecule has 18 heavy (non-hydrogen) atoms. The Kier molecular flexibility index (Phi) is 5.18. The van der Waals surface area contributed by atoms with Gasteiger partial charge in [0.05, 0.1) is 18.8 Å². The van der Waals surface area contributed by atoms with Gasteiger partial charge in [-0.05, 0) is 30.5 Å². The molecule has 2 rings (SSSR count). The van der Waals surface area contributed by atoms with Crippen molar-refractivity contribution < 1.29 is 9.47 Å². The molecule has 2 N–H and O–H groups in total. The van der Waals surface area contributed by atoms with Crippen LogP contribution in [-0.4, -0.2) is 25.4 Å². The van der Waals surface area contributed by atoms with Crippen LogP contribution < -0.4 is 5.73 Å². The average molecular weight is 314 g/mol. The summed E-state index contributed by atoms with van der Waals surface area (Å²) in [5.74, 6) is 0. The third-order valence-electron chi connectivity index (χ3n) is 3.29. The van der Waals surface area contributed by atoms with E-state index in [0.717, 1.165) is 29.5 Å². The Labute approximate surface area is 117 Å². The number of ether oxygens (including phenoxy) is 2. The van der Waals surface area contributed by atoms with Crippen molar-refractivity contribution in [1.29, 1.82) is 0 Å². The monoisotopic (exact) mass is 313 g/mol. The van der Waals surface area contributed by atoms with Gasteiger partial charge in [-0.25, -0.2) is 0 Å². The summed E-state index contributed by atoms with van der Waals surface area (Å²) < 4.78 is 12.5. The molecule has 1 aromatic rings. The van der Waals surface area contributed by atoms with Gasteiger partial charge in [-0.15, -0.1) is 0 Å². The van der Waals surface area contributed by atoms with Crippen LogP contribution in [0.2, 0.25) is 0 Å². The second-order valence-corrected chi connectivity index (χ2v) is 5.58. The molecule has 3 atom stereocenters. The fourth-order valence-corrected chi connectivity index (χ4v) is 2.39. The molecule has 1 aliphatic heterocycles. The smallest absolute Gasteiger partial charge is 0.0980 e. The van der Waals surface area contributed by atoms with Gasteiger partial charge in [0.2, 0.25) is 0 Å². The highest BCUT2D eigenvalue weighted by Gasteiger charge is 2.25. The first-order chi connectivity index (χ1) is 8.70. The second kappa shape index (κ2) is 6.66. The standard InChI is InChI=1S/C14H20BrNO2/c1-2-13(16)14(18-12-7-8-17-9-12)10-3-5-11(15)6-4-10/h3-6,12-14H,2,7-9,16H2,1H3. The van der Waals surface area contributed by atoms with Gasteiger partial charge in [0.15, 0.2) is 0 Å². The highest BCUT2D eigenvalue weighted by Crippen LogP contribution is 2.27. The van der Waals surface area contributed by atoms with Crippen molar-refractivity contribution >= 4 is 15.9 Å². The summed E-state index contributed by atoms with van der Waals surface area (Å²) in [4.78, 5) is 0. The number of halogens is 1. The zero-order chi connectivity index (χ0) is 13.0. The molecular formula is C14H20BrNO2. The van der Waals surface area contributed by atoms with Crippen LogP contribution in [0.1, 0.15) is 31.4 Å². The molecule has 0 saturated carbocycles. The third kappa shape index (κ3) is 3.54. The molecule has 4 heteroatoms. The van der Waals surface area contributed by atoms with E-state index in [4.69, 9.17) is 15.2 Å². The largest absolute Gasteiger partial charge is 0.379 e. The van der Waals surface area contributed by atoms with Crippen molar-refractivity contribution in [2.24, 2.45) is 5.73 Å². The molecule has 0 radical (unpaired) electrons. The minimum absolute atomic E-state index is 0.0202. The number of nitrogens with two attached hydrogens (primary N) is 1. The summed E-state index contributed by atoms with van der Waals surface area (Å²) in [5.41, 5.74) is 7.33. The van der Waals surface area contributed by atoms with Gasteiger partial charge in [0.25, 0.3) is 0 Å². The molecule has 3 nitrogen and oxygen atoms in total. The first-order valence-electron chi connectivity index (χ1n) is 6.45. The van der Waals surface area contributed by atoms with Crippen molar-refractivity contribution in [3.05, 3.63) is 34.3 Å². The average Bonchev–Trinajstić information content (AvgIpc) is 2.89. The normalized spacial score (nSPS) is 22.9. The first-order valence-corrected chi connectivity index (χ1v) is 7.24. The SMILES string of the molecule is CCC(N)C(OC1CCOC1)c1ccc(Br)cc1. The molecule has 0 amide bonds. The van der Waals surface area contributed by atoms with E-state index in [2.05, 4.69) is 35.0 Å². The predicted octanol–water partition coefficient (Wildman–Crippen LogP) is 3.03. The topological polar surface area (TPSA) is 44.5 Å². The van der Waals surface area contributed by atoms with Crippen LogP contribution in [0.15, 0.2) is 28.7 Å². The van der Waals surface area contributed by atoms with E-state index >= 15 is 0 Å². The molecule has 0 bridgehead atoms. The molecule has 1 saturated heterocycles. The predicted molar refractivity (Wildman–Crippen MR) is 75.5 cm³/mol. The molecule has 3 unspecified atom stereocenters. The molecule has 1 fully saturated rings. The van der Waals surface area contributed by atoms with E-state index in [1.54, 1.807) is 0 Å². The van der Waals surface area contributed by atoms with E-state index in [1.807, 2.05) is 12.1 Å². The van der Waals surface area contributed by atoms with Crippen LogP contribution in [-0.2, 0) is 9.47 Å². The minimum Gasteiger partial charge on any atom is -0.379 e. The van der Waals surface area contributed by atoms with Crippen molar-refractivity contribution in [3.63, 3.8) is 0 Å². The lowest BCUT2D eigenvalue weighted by molar-refractivity contribution is -0.0301. The van der Waals surface area contributed by atoms with Gasteiger partial charge in [-0.2, -0.15) is 0 Å². The quantitative estimate of drug-likeness (QED) is 0.908. The van der Waals surface area contributed by atoms with Crippen LogP contribution in [0.4, 0.5) is 0 Å². The zero-order valence-electron chi connectivity index (χ0n) is 10.6. The fraction of sp³-hybridized carbons (Fsp3) is 0.571. The molecule has 1 heterocycles. The lowest BCUT2D eigenvalue weighted by Gasteiger charge is -2.26. The van der Waals surface area contributed by atoms with E-state index in [0.29, 0.717) is 6.61 Å². The van der Waals surface area contributed by atoms with Crippen molar-refractivity contribution in [2.75, 3.05) is 13.2 Å². The van der Waals surface area contributed by atoms with E-state index in [-0.39, 0.29) is 18.2 Å². The Morgan fingerprint density at radius 2 is 2.17 bits per heavy atom. The summed E-state index contributed by atoms with van der Waals surface area (Å²) in [6, 6.07) is 8.21. The Balaban J connectivity index is 2.10. The summed E-state index contributed by atoms with van der Waals surface area (Å²) in [6.45, 7) is 3.56. The molecule has 100 valence electrons. The summed E-state index contributed by atoms with van der Waals surface area (Å²) in [7, 11) is 0. The highest BCUT2D eigenvalue weighted by molar-refractivity contribution is 9.10. The number of rotatable bonds is 5. The van der Waals surface area contributed by atoms with Gasteiger partial charge in [-0.3, -0.25) is 0 Å². The lowest BCUT2D eigenvalue weighted by atomic mass is 10.0.